The fraction of sp³-hybridized carbons (Fsp3) is 0.333. The molecule has 1 fully saturated rings. The van der Waals surface area contributed by atoms with Gasteiger partial charge in [0.25, 0.3) is 5.91 Å². The zero-order chi connectivity index (χ0) is 20.5. The van der Waals surface area contributed by atoms with Gasteiger partial charge in [-0.2, -0.15) is 0 Å². The molecule has 0 radical (unpaired) electrons. The van der Waals surface area contributed by atoms with Crippen molar-refractivity contribution in [2.24, 2.45) is 5.92 Å². The molecule has 0 spiro atoms. The maximum absolute atomic E-state index is 13.8. The molecule has 2 aromatic carbocycles. The number of halogens is 1. The first kappa shape index (κ1) is 19.4. The van der Waals surface area contributed by atoms with Gasteiger partial charge in [0.2, 0.25) is 0 Å². The van der Waals surface area contributed by atoms with E-state index in [9.17, 15) is 9.18 Å². The van der Waals surface area contributed by atoms with E-state index in [1.54, 1.807) is 19.1 Å². The van der Waals surface area contributed by atoms with Crippen LogP contribution in [0.15, 0.2) is 42.5 Å². The third-order valence-electron chi connectivity index (χ3n) is 5.80. The van der Waals surface area contributed by atoms with Gasteiger partial charge < -0.3 is 10.2 Å². The molecule has 4 rings (SSSR count). The molecule has 0 saturated carbocycles. The Kier molecular flexibility index (Phi) is 5.22. The Hall–Kier alpha value is -2.95. The largest absolute Gasteiger partial charge is 0.357 e. The molecule has 0 aliphatic carbocycles. The van der Waals surface area contributed by atoms with Gasteiger partial charge in [-0.25, -0.2) is 9.37 Å². The van der Waals surface area contributed by atoms with Crippen LogP contribution in [0.4, 0.5) is 15.9 Å². The van der Waals surface area contributed by atoms with Crippen LogP contribution < -0.4 is 10.2 Å². The SMILES string of the molecule is Cc1ccc(C(=O)Nc2ccc3nc(N4CCC(C)CC4)cc(C)c3c2)cc1F. The summed E-state index contributed by atoms with van der Waals surface area (Å²) < 4.78 is 13.8. The number of benzene rings is 2. The second-order valence-corrected chi connectivity index (χ2v) is 8.12. The Morgan fingerprint density at radius 3 is 2.55 bits per heavy atom. The summed E-state index contributed by atoms with van der Waals surface area (Å²) in [6, 6.07) is 12.4. The highest BCUT2D eigenvalue weighted by molar-refractivity contribution is 6.05. The first-order chi connectivity index (χ1) is 13.9. The summed E-state index contributed by atoms with van der Waals surface area (Å²) in [6.45, 7) is 8.13. The van der Waals surface area contributed by atoms with Crippen molar-refractivity contribution in [2.75, 3.05) is 23.3 Å². The molecule has 29 heavy (non-hydrogen) atoms. The third kappa shape index (κ3) is 4.09. The van der Waals surface area contributed by atoms with Crippen LogP contribution in [0, 0.1) is 25.6 Å². The molecule has 0 bridgehead atoms. The summed E-state index contributed by atoms with van der Waals surface area (Å²) in [5.41, 5.74) is 3.54. The normalized spacial score (nSPS) is 15.0. The smallest absolute Gasteiger partial charge is 0.255 e. The quantitative estimate of drug-likeness (QED) is 0.643. The number of piperidine rings is 1. The van der Waals surface area contributed by atoms with Crippen LogP contribution in [0.5, 0.6) is 0 Å². The minimum absolute atomic E-state index is 0.303. The van der Waals surface area contributed by atoms with Gasteiger partial charge in [0.15, 0.2) is 0 Å². The van der Waals surface area contributed by atoms with Crippen molar-refractivity contribution in [3.05, 3.63) is 65.0 Å². The van der Waals surface area contributed by atoms with E-state index < -0.39 is 0 Å². The van der Waals surface area contributed by atoms with Gasteiger partial charge in [0.1, 0.15) is 11.6 Å². The van der Waals surface area contributed by atoms with E-state index in [1.165, 1.54) is 18.9 Å². The number of fused-ring (bicyclic) bond motifs is 1. The minimum Gasteiger partial charge on any atom is -0.357 e. The highest BCUT2D eigenvalue weighted by Crippen LogP contribution is 2.28. The number of nitrogens with zero attached hydrogens (tertiary/aromatic N) is 2. The Bertz CT molecular complexity index is 1070. The van der Waals surface area contributed by atoms with Crippen molar-refractivity contribution in [2.45, 2.75) is 33.6 Å². The molecule has 0 atom stereocenters. The summed E-state index contributed by atoms with van der Waals surface area (Å²) in [4.78, 5) is 19.7. The van der Waals surface area contributed by atoms with Crippen LogP contribution in [0.2, 0.25) is 0 Å². The number of rotatable bonds is 3. The van der Waals surface area contributed by atoms with Gasteiger partial charge in [0, 0.05) is 29.7 Å². The number of hydrogen-bond donors (Lipinski definition) is 1. The molecule has 2 heterocycles. The lowest BCUT2D eigenvalue weighted by Gasteiger charge is -2.31. The summed E-state index contributed by atoms with van der Waals surface area (Å²) in [5.74, 6) is 1.10. The van der Waals surface area contributed by atoms with Gasteiger partial charge in [-0.3, -0.25) is 4.79 Å². The number of carbonyl (C=O) groups excluding carboxylic acids is 1. The van der Waals surface area contributed by atoms with Crippen LogP contribution >= 0.6 is 0 Å². The number of amides is 1. The first-order valence-corrected chi connectivity index (χ1v) is 10.1. The molecular weight excluding hydrogens is 365 g/mol. The lowest BCUT2D eigenvalue weighted by Crippen LogP contribution is -2.33. The molecule has 1 aliphatic heterocycles. The van der Waals surface area contributed by atoms with Crippen LogP contribution in [-0.2, 0) is 0 Å². The number of carbonyl (C=O) groups is 1. The van der Waals surface area contributed by atoms with Crippen molar-refractivity contribution in [1.82, 2.24) is 4.98 Å². The average Bonchev–Trinajstić information content (AvgIpc) is 2.71. The lowest BCUT2D eigenvalue weighted by atomic mass is 9.99. The van der Waals surface area contributed by atoms with Gasteiger partial charge in [-0.1, -0.05) is 13.0 Å². The summed E-state index contributed by atoms with van der Waals surface area (Å²) in [5, 5.41) is 3.87. The molecule has 1 N–H and O–H groups in total. The van der Waals surface area contributed by atoms with E-state index in [0.29, 0.717) is 16.8 Å². The van der Waals surface area contributed by atoms with Crippen molar-refractivity contribution in [1.29, 1.82) is 0 Å². The highest BCUT2D eigenvalue weighted by Gasteiger charge is 2.18. The van der Waals surface area contributed by atoms with Crippen molar-refractivity contribution in [3.63, 3.8) is 0 Å². The van der Waals surface area contributed by atoms with E-state index in [1.807, 2.05) is 18.2 Å². The maximum Gasteiger partial charge on any atom is 0.255 e. The van der Waals surface area contributed by atoms with Crippen molar-refractivity contribution in [3.8, 4) is 0 Å². The van der Waals surface area contributed by atoms with Gasteiger partial charge in [0.05, 0.1) is 5.52 Å². The fourth-order valence-corrected chi connectivity index (χ4v) is 3.79. The number of aromatic nitrogens is 1. The van der Waals surface area contributed by atoms with E-state index in [2.05, 4.69) is 30.1 Å². The van der Waals surface area contributed by atoms with Gasteiger partial charge in [-0.15, -0.1) is 0 Å². The Morgan fingerprint density at radius 1 is 1.07 bits per heavy atom. The van der Waals surface area contributed by atoms with E-state index in [4.69, 9.17) is 4.98 Å². The van der Waals surface area contributed by atoms with Crippen molar-refractivity contribution < 1.29 is 9.18 Å². The second-order valence-electron chi connectivity index (χ2n) is 8.12. The van der Waals surface area contributed by atoms with E-state index in [-0.39, 0.29) is 11.7 Å². The molecule has 1 saturated heterocycles. The number of pyridine rings is 1. The molecule has 1 aliphatic rings. The predicted molar refractivity (Wildman–Crippen MR) is 116 cm³/mol. The van der Waals surface area contributed by atoms with Crippen molar-refractivity contribution >= 4 is 28.3 Å². The number of nitrogens with one attached hydrogen (secondary N) is 1. The molecular formula is C24H26FN3O. The standard InChI is InChI=1S/C24H26FN3O/c1-15-8-10-28(11-9-15)23-12-17(3)20-14-19(6-7-22(20)27-23)26-24(29)18-5-4-16(2)21(25)13-18/h4-7,12-15H,8-11H2,1-3H3,(H,26,29). The molecule has 3 aromatic rings. The molecule has 5 heteroatoms. The Balaban J connectivity index is 1.57. The van der Waals surface area contributed by atoms with Gasteiger partial charge in [-0.05, 0) is 80.1 Å². The number of hydrogen-bond acceptors (Lipinski definition) is 3. The van der Waals surface area contributed by atoms with E-state index >= 15 is 0 Å². The Labute approximate surface area is 170 Å². The fourth-order valence-electron chi connectivity index (χ4n) is 3.79. The van der Waals surface area contributed by atoms with Crippen LogP contribution in [0.25, 0.3) is 10.9 Å². The summed E-state index contributed by atoms with van der Waals surface area (Å²) >= 11 is 0. The van der Waals surface area contributed by atoms with E-state index in [0.717, 1.165) is 41.3 Å². The minimum atomic E-state index is -0.379. The highest BCUT2D eigenvalue weighted by atomic mass is 19.1. The predicted octanol–water partition coefficient (Wildman–Crippen LogP) is 5.48. The number of aryl methyl sites for hydroxylation is 2. The van der Waals surface area contributed by atoms with Crippen LogP contribution in [0.1, 0.15) is 41.3 Å². The summed E-state index contributed by atoms with van der Waals surface area (Å²) in [6.07, 6.45) is 2.40. The zero-order valence-electron chi connectivity index (χ0n) is 17.1. The van der Waals surface area contributed by atoms with Crippen LogP contribution in [0.3, 0.4) is 0 Å². The van der Waals surface area contributed by atoms with Crippen LogP contribution in [-0.4, -0.2) is 24.0 Å². The molecule has 1 amide bonds. The molecule has 0 unspecified atom stereocenters. The lowest BCUT2D eigenvalue weighted by molar-refractivity contribution is 0.102. The topological polar surface area (TPSA) is 45.2 Å². The number of anilines is 2. The third-order valence-corrected chi connectivity index (χ3v) is 5.80. The maximum atomic E-state index is 13.8. The molecule has 150 valence electrons. The average molecular weight is 391 g/mol. The molecule has 1 aromatic heterocycles. The first-order valence-electron chi connectivity index (χ1n) is 10.1. The monoisotopic (exact) mass is 391 g/mol. The zero-order valence-corrected chi connectivity index (χ0v) is 17.1. The van der Waals surface area contributed by atoms with Gasteiger partial charge >= 0.3 is 0 Å². The Morgan fingerprint density at radius 2 is 1.83 bits per heavy atom. The molecule has 4 nitrogen and oxygen atoms in total. The second kappa shape index (κ2) is 7.82. The summed E-state index contributed by atoms with van der Waals surface area (Å²) in [7, 11) is 0.